The number of hydrogen-bond donors (Lipinski definition) is 2. The lowest BCUT2D eigenvalue weighted by Gasteiger charge is -2.43. The molecule has 2 atom stereocenters. The number of aromatic nitrogens is 4. The van der Waals surface area contributed by atoms with Crippen molar-refractivity contribution in [3.63, 3.8) is 0 Å². The second-order valence-electron chi connectivity index (χ2n) is 14.0. The third-order valence-electron chi connectivity index (χ3n) is 10.3. The first-order valence-corrected chi connectivity index (χ1v) is 18.7. The molecule has 0 saturated carbocycles. The van der Waals surface area contributed by atoms with E-state index < -0.39 is 34.8 Å². The molecular weight excluding hydrogens is 755 g/mol. The molecule has 5 heterocycles. The summed E-state index contributed by atoms with van der Waals surface area (Å²) in [6, 6.07) is 16.8. The van der Waals surface area contributed by atoms with Gasteiger partial charge in [0.15, 0.2) is 5.69 Å². The van der Waals surface area contributed by atoms with Crippen LogP contribution < -0.4 is 16.0 Å². The number of halogens is 4. The van der Waals surface area contributed by atoms with E-state index in [2.05, 4.69) is 15.0 Å². The normalized spacial score (nSPS) is 18.5. The van der Waals surface area contributed by atoms with Crippen LogP contribution in [0.2, 0.25) is 0 Å². The van der Waals surface area contributed by atoms with Gasteiger partial charge in [-0.25, -0.2) is 14.4 Å². The lowest BCUT2D eigenvalue weighted by molar-refractivity contribution is -0.142. The third kappa shape index (κ3) is 8.14. The molecule has 2 aliphatic heterocycles. The Bertz CT molecular complexity index is 2280. The number of alkyl halides is 3. The van der Waals surface area contributed by atoms with Gasteiger partial charge in [0.25, 0.3) is 11.5 Å². The molecule has 17 heteroatoms. The Balaban J connectivity index is 1.01. The second kappa shape index (κ2) is 15.5. The molecule has 0 unspecified atom stereocenters. The Kier molecular flexibility index (Phi) is 10.6. The highest BCUT2D eigenvalue weighted by Gasteiger charge is 2.42. The largest absolute Gasteiger partial charge is 0.437 e. The third-order valence-corrected chi connectivity index (χ3v) is 11.5. The van der Waals surface area contributed by atoms with Crippen molar-refractivity contribution in [1.82, 2.24) is 29.3 Å². The van der Waals surface area contributed by atoms with Gasteiger partial charge in [-0.2, -0.15) is 13.2 Å². The van der Waals surface area contributed by atoms with Crippen LogP contribution in [0.3, 0.4) is 0 Å². The van der Waals surface area contributed by atoms with Gasteiger partial charge in [-0.15, -0.1) is 11.3 Å². The summed E-state index contributed by atoms with van der Waals surface area (Å²) in [5.74, 6) is -1.52. The number of nitrogen functional groups attached to an aromatic ring is 1. The zero-order valence-electron chi connectivity index (χ0n) is 30.1. The molecule has 0 spiro atoms. The Labute approximate surface area is 322 Å². The molecule has 5 aromatic rings. The SMILES string of the molecule is Cc1nc(-c2ccc(C(F)(F)F)nc2)sc1C(=O)N1CC[C@@H](C(=O)N2CCC(O)(Cn3cnc(Oc4ccc(F)cc4)c(N)c3=O)CC2)[C@H](c2ccccc2)C1. The molecular formula is C39H37F4N7O5S. The fourth-order valence-electron chi connectivity index (χ4n) is 7.17. The molecule has 292 valence electrons. The summed E-state index contributed by atoms with van der Waals surface area (Å²) in [7, 11) is 0. The van der Waals surface area contributed by atoms with Crippen LogP contribution in [-0.2, 0) is 17.5 Å². The van der Waals surface area contributed by atoms with E-state index in [1.54, 1.807) is 16.7 Å². The molecule has 2 amide bonds. The molecule has 2 aliphatic rings. The Morgan fingerprint density at radius 3 is 2.38 bits per heavy atom. The van der Waals surface area contributed by atoms with Gasteiger partial charge in [0.2, 0.25) is 11.8 Å². The van der Waals surface area contributed by atoms with Gasteiger partial charge in [0, 0.05) is 49.8 Å². The highest BCUT2D eigenvalue weighted by atomic mass is 32.1. The molecule has 2 fully saturated rings. The molecule has 0 bridgehead atoms. The number of benzene rings is 2. The Hall–Kier alpha value is -5.68. The van der Waals surface area contributed by atoms with Gasteiger partial charge in [-0.1, -0.05) is 30.3 Å². The topological polar surface area (TPSA) is 157 Å². The van der Waals surface area contributed by atoms with Crippen LogP contribution in [-0.4, -0.2) is 78.0 Å². The summed E-state index contributed by atoms with van der Waals surface area (Å²) in [4.78, 5) is 57.1. The first kappa shape index (κ1) is 38.6. The van der Waals surface area contributed by atoms with E-state index in [4.69, 9.17) is 10.5 Å². The van der Waals surface area contributed by atoms with Gasteiger partial charge in [0.05, 0.1) is 17.8 Å². The lowest BCUT2D eigenvalue weighted by atomic mass is 9.79. The molecule has 2 saturated heterocycles. The summed E-state index contributed by atoms with van der Waals surface area (Å²) in [5.41, 5.74) is 4.51. The number of carbonyl (C=O) groups is 2. The summed E-state index contributed by atoms with van der Waals surface area (Å²) < 4.78 is 59.2. The van der Waals surface area contributed by atoms with Crippen LogP contribution in [0.1, 0.15) is 51.8 Å². The number of amides is 2. The van der Waals surface area contributed by atoms with Crippen molar-refractivity contribution < 1.29 is 37.0 Å². The number of thiazole rings is 1. The molecule has 2 aromatic carbocycles. The predicted octanol–water partition coefficient (Wildman–Crippen LogP) is 5.90. The van der Waals surface area contributed by atoms with Gasteiger partial charge in [0.1, 0.15) is 33.5 Å². The van der Waals surface area contributed by atoms with Gasteiger partial charge in [-0.3, -0.25) is 23.9 Å². The number of likely N-dealkylation sites (tertiary alicyclic amines) is 2. The maximum Gasteiger partial charge on any atom is 0.433 e. The number of pyridine rings is 1. The van der Waals surface area contributed by atoms with Crippen LogP contribution >= 0.6 is 11.3 Å². The van der Waals surface area contributed by atoms with Crippen LogP contribution in [0.5, 0.6) is 11.6 Å². The molecule has 0 radical (unpaired) electrons. The number of rotatable bonds is 8. The van der Waals surface area contributed by atoms with Crippen LogP contribution in [0.15, 0.2) is 84.0 Å². The van der Waals surface area contributed by atoms with E-state index in [0.29, 0.717) is 34.1 Å². The van der Waals surface area contributed by atoms with E-state index in [1.165, 1.54) is 41.2 Å². The number of nitrogens with zero attached hydrogens (tertiary/aromatic N) is 6. The molecule has 3 aromatic heterocycles. The molecule has 7 rings (SSSR count). The van der Waals surface area contributed by atoms with Crippen molar-refractivity contribution in [2.75, 3.05) is 31.9 Å². The predicted molar refractivity (Wildman–Crippen MR) is 198 cm³/mol. The van der Waals surface area contributed by atoms with Crippen molar-refractivity contribution in [1.29, 1.82) is 0 Å². The Morgan fingerprint density at radius 1 is 1.00 bits per heavy atom. The van der Waals surface area contributed by atoms with Crippen LogP contribution in [0, 0.1) is 18.7 Å². The monoisotopic (exact) mass is 791 g/mol. The lowest BCUT2D eigenvalue weighted by Crippen LogP contribution is -2.53. The summed E-state index contributed by atoms with van der Waals surface area (Å²) in [6.07, 6.45) is -1.50. The average molecular weight is 792 g/mol. The highest BCUT2D eigenvalue weighted by molar-refractivity contribution is 7.17. The maximum atomic E-state index is 14.2. The first-order chi connectivity index (χ1) is 26.7. The number of nitrogens with two attached hydrogens (primary N) is 1. The van der Waals surface area contributed by atoms with Crippen LogP contribution in [0.25, 0.3) is 10.6 Å². The van der Waals surface area contributed by atoms with Crippen molar-refractivity contribution >= 4 is 28.8 Å². The van der Waals surface area contributed by atoms with E-state index in [0.717, 1.165) is 29.2 Å². The van der Waals surface area contributed by atoms with E-state index in [9.17, 15) is 37.1 Å². The zero-order chi connectivity index (χ0) is 39.8. The standard InChI is InChI=1S/C39H37F4N7O5S/c1-23-32(56-34(47-23)25-7-12-30(45-19-25)39(41,42)43)37(53)49-16-13-28(29(20-49)24-5-3-2-4-6-24)35(51)48-17-14-38(54,15-18-48)21-50-22-46-33(31(44)36(50)52)55-27-10-8-26(40)9-11-27/h2-12,19,22,28-29,54H,13-18,20-21,44H2,1H3/t28-,29+/m1/s1. The quantitative estimate of drug-likeness (QED) is 0.183. The van der Waals surface area contributed by atoms with Gasteiger partial charge in [-0.05, 0) is 68.1 Å². The number of carbonyl (C=O) groups excluding carboxylic acids is 2. The number of anilines is 1. The second-order valence-corrected chi connectivity index (χ2v) is 15.0. The maximum absolute atomic E-state index is 14.2. The molecule has 56 heavy (non-hydrogen) atoms. The smallest absolute Gasteiger partial charge is 0.433 e. The zero-order valence-corrected chi connectivity index (χ0v) is 30.9. The minimum Gasteiger partial charge on any atom is -0.437 e. The van der Waals surface area contributed by atoms with E-state index in [-0.39, 0.29) is 74.1 Å². The minimum absolute atomic E-state index is 0.0931. The fraction of sp³-hybridized carbons (Fsp3) is 0.333. The Morgan fingerprint density at radius 2 is 1.71 bits per heavy atom. The number of piperidine rings is 2. The van der Waals surface area contributed by atoms with Crippen molar-refractivity contribution in [2.45, 2.75) is 50.4 Å². The summed E-state index contributed by atoms with van der Waals surface area (Å²) in [5, 5.41) is 11.9. The average Bonchev–Trinajstić information content (AvgIpc) is 3.59. The molecule has 12 nitrogen and oxygen atoms in total. The summed E-state index contributed by atoms with van der Waals surface area (Å²) >= 11 is 1.09. The van der Waals surface area contributed by atoms with Gasteiger partial charge >= 0.3 is 6.18 Å². The molecule has 0 aliphatic carbocycles. The highest BCUT2D eigenvalue weighted by Crippen LogP contribution is 2.38. The first-order valence-electron chi connectivity index (χ1n) is 17.8. The number of ether oxygens (including phenoxy) is 1. The van der Waals surface area contributed by atoms with E-state index in [1.807, 2.05) is 30.3 Å². The summed E-state index contributed by atoms with van der Waals surface area (Å²) in [6.45, 7) is 2.59. The van der Waals surface area contributed by atoms with Gasteiger partial charge < -0.3 is 25.4 Å². The van der Waals surface area contributed by atoms with E-state index >= 15 is 0 Å². The van der Waals surface area contributed by atoms with Crippen molar-refractivity contribution in [3.8, 4) is 22.2 Å². The fourth-order valence-corrected chi connectivity index (χ4v) is 8.20. The number of aliphatic hydroxyl groups is 1. The number of aryl methyl sites for hydroxylation is 1. The van der Waals surface area contributed by atoms with Crippen molar-refractivity contribution in [2.24, 2.45) is 5.92 Å². The number of hydrogen-bond acceptors (Lipinski definition) is 10. The van der Waals surface area contributed by atoms with Crippen LogP contribution in [0.4, 0.5) is 23.2 Å². The molecule has 3 N–H and O–H groups in total. The minimum atomic E-state index is -4.58. The van der Waals surface area contributed by atoms with Crippen molar-refractivity contribution in [3.05, 3.63) is 117 Å².